The van der Waals surface area contributed by atoms with Crippen LogP contribution in [0, 0.1) is 12.7 Å². The minimum Gasteiger partial charge on any atom is -0.218 e. The summed E-state index contributed by atoms with van der Waals surface area (Å²) in [5.41, 5.74) is 3.20. The fourth-order valence-electron chi connectivity index (χ4n) is 2.85. The van der Waals surface area contributed by atoms with Crippen LogP contribution < -0.4 is 0 Å². The molecule has 1 heterocycles. The highest BCUT2D eigenvalue weighted by atomic mass is 19.1. The second-order valence-corrected chi connectivity index (χ2v) is 5.79. The molecule has 3 nitrogen and oxygen atoms in total. The van der Waals surface area contributed by atoms with Crippen LogP contribution in [-0.2, 0) is 0 Å². The van der Waals surface area contributed by atoms with Crippen LogP contribution in [0.2, 0.25) is 0 Å². The topological polar surface area (TPSA) is 30.7 Å². The largest absolute Gasteiger partial charge is 0.218 e. The molecule has 0 N–H and O–H groups in total. The summed E-state index contributed by atoms with van der Waals surface area (Å²) in [6, 6.07) is 24.3. The summed E-state index contributed by atoms with van der Waals surface area (Å²) >= 11 is 0. The first-order valence-electron chi connectivity index (χ1n) is 8.07. The predicted octanol–water partition coefficient (Wildman–Crippen LogP) is 5.05. The van der Waals surface area contributed by atoms with Crippen molar-refractivity contribution in [3.8, 4) is 28.2 Å². The van der Waals surface area contributed by atoms with E-state index < -0.39 is 0 Å². The second kappa shape index (κ2) is 6.32. The maximum Gasteiger partial charge on any atom is 0.181 e. The number of nitrogens with zero attached hydrogens (tertiary/aromatic N) is 3. The first-order valence-corrected chi connectivity index (χ1v) is 8.07. The highest BCUT2D eigenvalue weighted by molar-refractivity contribution is 5.70. The van der Waals surface area contributed by atoms with E-state index in [4.69, 9.17) is 0 Å². The highest BCUT2D eigenvalue weighted by Gasteiger charge is 2.11. The van der Waals surface area contributed by atoms with Crippen molar-refractivity contribution in [3.63, 3.8) is 0 Å². The standard InChI is InChI=1S/C21H16FN3/c1-15-23-21(24-25(15)18-10-3-2-4-11-18)17-9-7-8-16(14-17)19-12-5-6-13-20(19)22/h2-14H,1H3. The van der Waals surface area contributed by atoms with Crippen LogP contribution in [0.25, 0.3) is 28.2 Å². The third-order valence-electron chi connectivity index (χ3n) is 4.08. The Hall–Kier alpha value is -3.27. The molecular formula is C21H16FN3. The van der Waals surface area contributed by atoms with Crippen molar-refractivity contribution < 1.29 is 4.39 Å². The Kier molecular flexibility index (Phi) is 3.86. The SMILES string of the molecule is Cc1nc(-c2cccc(-c3ccccc3F)c2)nn1-c1ccccc1. The molecule has 4 aromatic rings. The van der Waals surface area contributed by atoms with Crippen molar-refractivity contribution in [2.45, 2.75) is 6.92 Å². The molecule has 0 amide bonds. The van der Waals surface area contributed by atoms with E-state index in [0.29, 0.717) is 11.4 Å². The Balaban J connectivity index is 1.77. The zero-order chi connectivity index (χ0) is 17.2. The summed E-state index contributed by atoms with van der Waals surface area (Å²) < 4.78 is 15.9. The number of benzene rings is 3. The van der Waals surface area contributed by atoms with Gasteiger partial charge in [0.25, 0.3) is 0 Å². The lowest BCUT2D eigenvalue weighted by molar-refractivity contribution is 0.631. The van der Waals surface area contributed by atoms with Gasteiger partial charge in [-0.3, -0.25) is 0 Å². The second-order valence-electron chi connectivity index (χ2n) is 5.79. The third kappa shape index (κ3) is 2.94. The molecule has 1 aromatic heterocycles. The molecule has 0 saturated heterocycles. The van der Waals surface area contributed by atoms with E-state index in [0.717, 1.165) is 22.6 Å². The Bertz CT molecular complexity index is 1020. The summed E-state index contributed by atoms with van der Waals surface area (Å²) in [4.78, 5) is 4.57. The number of hydrogen-bond donors (Lipinski definition) is 0. The van der Waals surface area contributed by atoms with Crippen LogP contribution in [-0.4, -0.2) is 14.8 Å². The van der Waals surface area contributed by atoms with E-state index in [1.807, 2.05) is 72.3 Å². The van der Waals surface area contributed by atoms with E-state index in [1.165, 1.54) is 6.07 Å². The molecule has 0 unspecified atom stereocenters. The molecule has 25 heavy (non-hydrogen) atoms. The number of para-hydroxylation sites is 1. The number of aryl methyl sites for hydroxylation is 1. The van der Waals surface area contributed by atoms with Crippen LogP contribution in [0.4, 0.5) is 4.39 Å². The molecule has 0 spiro atoms. The van der Waals surface area contributed by atoms with E-state index >= 15 is 0 Å². The quantitative estimate of drug-likeness (QED) is 0.526. The number of rotatable bonds is 3. The molecular weight excluding hydrogens is 313 g/mol. The first-order chi connectivity index (χ1) is 12.2. The zero-order valence-corrected chi connectivity index (χ0v) is 13.7. The summed E-state index contributed by atoms with van der Waals surface area (Å²) in [5.74, 6) is 1.19. The number of aromatic nitrogens is 3. The molecule has 0 fully saturated rings. The molecule has 0 saturated carbocycles. The Morgan fingerprint density at radius 1 is 0.800 bits per heavy atom. The van der Waals surface area contributed by atoms with Gasteiger partial charge in [-0.1, -0.05) is 54.6 Å². The van der Waals surface area contributed by atoms with Gasteiger partial charge in [-0.15, -0.1) is 5.10 Å². The molecule has 4 heteroatoms. The van der Waals surface area contributed by atoms with E-state index in [9.17, 15) is 4.39 Å². The van der Waals surface area contributed by atoms with Crippen molar-refractivity contribution >= 4 is 0 Å². The van der Waals surface area contributed by atoms with Crippen molar-refractivity contribution in [1.82, 2.24) is 14.8 Å². The van der Waals surface area contributed by atoms with Gasteiger partial charge in [-0.2, -0.15) is 0 Å². The smallest absolute Gasteiger partial charge is 0.181 e. The summed E-state index contributed by atoms with van der Waals surface area (Å²) in [5, 5.41) is 4.62. The lowest BCUT2D eigenvalue weighted by Gasteiger charge is -2.05. The number of halogens is 1. The minimum absolute atomic E-state index is 0.237. The van der Waals surface area contributed by atoms with Gasteiger partial charge in [0.15, 0.2) is 5.82 Å². The van der Waals surface area contributed by atoms with Crippen LogP contribution in [0.3, 0.4) is 0 Å². The lowest BCUT2D eigenvalue weighted by Crippen LogP contribution is -1.98. The monoisotopic (exact) mass is 329 g/mol. The number of hydrogen-bond acceptors (Lipinski definition) is 2. The Morgan fingerprint density at radius 3 is 2.32 bits per heavy atom. The van der Waals surface area contributed by atoms with Gasteiger partial charge in [0.05, 0.1) is 5.69 Å². The van der Waals surface area contributed by atoms with Gasteiger partial charge in [0, 0.05) is 11.1 Å². The molecule has 0 atom stereocenters. The first kappa shape index (κ1) is 15.3. The van der Waals surface area contributed by atoms with E-state index in [1.54, 1.807) is 12.1 Å². The van der Waals surface area contributed by atoms with Crippen LogP contribution in [0.1, 0.15) is 5.82 Å². The molecule has 0 aliphatic rings. The van der Waals surface area contributed by atoms with Gasteiger partial charge < -0.3 is 0 Å². The average molecular weight is 329 g/mol. The fourth-order valence-corrected chi connectivity index (χ4v) is 2.85. The maximum absolute atomic E-state index is 14.1. The van der Waals surface area contributed by atoms with Crippen molar-refractivity contribution in [2.24, 2.45) is 0 Å². The third-order valence-corrected chi connectivity index (χ3v) is 4.08. The molecule has 0 aliphatic carbocycles. The van der Waals surface area contributed by atoms with Crippen LogP contribution in [0.5, 0.6) is 0 Å². The van der Waals surface area contributed by atoms with Crippen LogP contribution >= 0.6 is 0 Å². The average Bonchev–Trinajstić information content (AvgIpc) is 3.05. The molecule has 3 aromatic carbocycles. The van der Waals surface area contributed by atoms with Crippen molar-refractivity contribution in [1.29, 1.82) is 0 Å². The van der Waals surface area contributed by atoms with Crippen molar-refractivity contribution in [3.05, 3.63) is 90.5 Å². The van der Waals surface area contributed by atoms with Gasteiger partial charge in [-0.05, 0) is 36.8 Å². The van der Waals surface area contributed by atoms with Gasteiger partial charge in [0.1, 0.15) is 11.6 Å². The zero-order valence-electron chi connectivity index (χ0n) is 13.7. The Labute approximate surface area is 145 Å². The molecule has 4 rings (SSSR count). The van der Waals surface area contributed by atoms with Crippen molar-refractivity contribution in [2.75, 3.05) is 0 Å². The van der Waals surface area contributed by atoms with E-state index in [-0.39, 0.29) is 5.82 Å². The molecule has 0 bridgehead atoms. The normalized spacial score (nSPS) is 10.8. The summed E-state index contributed by atoms with van der Waals surface area (Å²) in [7, 11) is 0. The predicted molar refractivity (Wildman–Crippen MR) is 96.9 cm³/mol. The maximum atomic E-state index is 14.1. The van der Waals surface area contributed by atoms with Crippen LogP contribution in [0.15, 0.2) is 78.9 Å². The Morgan fingerprint density at radius 2 is 1.52 bits per heavy atom. The van der Waals surface area contributed by atoms with Gasteiger partial charge in [-0.25, -0.2) is 14.1 Å². The van der Waals surface area contributed by atoms with Gasteiger partial charge in [0.2, 0.25) is 0 Å². The minimum atomic E-state index is -0.237. The molecule has 0 aliphatic heterocycles. The highest BCUT2D eigenvalue weighted by Crippen LogP contribution is 2.27. The van der Waals surface area contributed by atoms with E-state index in [2.05, 4.69) is 10.1 Å². The lowest BCUT2D eigenvalue weighted by atomic mass is 10.0. The molecule has 122 valence electrons. The fraction of sp³-hybridized carbons (Fsp3) is 0.0476. The molecule has 0 radical (unpaired) electrons. The van der Waals surface area contributed by atoms with Gasteiger partial charge >= 0.3 is 0 Å². The summed E-state index contributed by atoms with van der Waals surface area (Å²) in [6.45, 7) is 1.92. The summed E-state index contributed by atoms with van der Waals surface area (Å²) in [6.07, 6.45) is 0.